The summed E-state index contributed by atoms with van der Waals surface area (Å²) in [5.41, 5.74) is 2.87. The molecule has 0 radical (unpaired) electrons. The smallest absolute Gasteiger partial charge is 0.267 e. The predicted molar refractivity (Wildman–Crippen MR) is 141 cm³/mol. The number of fused-ring (bicyclic) bond motifs is 4. The maximum absolute atomic E-state index is 14.0. The Hall–Kier alpha value is -2.93. The number of hydrogen-bond acceptors (Lipinski definition) is 5. The topological polar surface area (TPSA) is 44.1 Å². The molecule has 0 fully saturated rings. The number of nitrogens with zero attached hydrogens (tertiary/aromatic N) is 2. The summed E-state index contributed by atoms with van der Waals surface area (Å²) in [6.45, 7) is 4.69. The number of rotatable bonds is 4. The van der Waals surface area contributed by atoms with Gasteiger partial charge in [0.15, 0.2) is 5.16 Å². The SMILES string of the molecule is CC1(C)Cc2c(sc3nc(SCc4ccc5ccccc5c4)n(-c4ccccc4)c(=O)c23)CO1. The summed E-state index contributed by atoms with van der Waals surface area (Å²) in [7, 11) is 0. The maximum Gasteiger partial charge on any atom is 0.267 e. The molecule has 0 amide bonds. The number of hydrogen-bond donors (Lipinski definition) is 0. The lowest BCUT2D eigenvalue weighted by atomic mass is 9.94. The fourth-order valence-electron chi connectivity index (χ4n) is 4.55. The first-order chi connectivity index (χ1) is 16.5. The third kappa shape index (κ3) is 3.86. The van der Waals surface area contributed by atoms with Crippen LogP contribution in [-0.4, -0.2) is 15.2 Å². The lowest BCUT2D eigenvalue weighted by Crippen LogP contribution is -2.32. The van der Waals surface area contributed by atoms with E-state index in [9.17, 15) is 4.79 Å². The van der Waals surface area contributed by atoms with Gasteiger partial charge in [0.25, 0.3) is 5.56 Å². The van der Waals surface area contributed by atoms with E-state index in [1.807, 2.05) is 30.3 Å². The van der Waals surface area contributed by atoms with E-state index in [1.54, 1.807) is 27.7 Å². The zero-order chi connectivity index (χ0) is 23.3. The molecule has 1 aliphatic rings. The van der Waals surface area contributed by atoms with Gasteiger partial charge in [-0.05, 0) is 47.9 Å². The summed E-state index contributed by atoms with van der Waals surface area (Å²) < 4.78 is 7.80. The summed E-state index contributed by atoms with van der Waals surface area (Å²) in [6, 6.07) is 24.7. The van der Waals surface area contributed by atoms with Crippen LogP contribution >= 0.6 is 23.1 Å². The molecule has 3 heterocycles. The van der Waals surface area contributed by atoms with Gasteiger partial charge in [-0.15, -0.1) is 11.3 Å². The molecule has 0 aliphatic carbocycles. The fourth-order valence-corrected chi connectivity index (χ4v) is 6.65. The zero-order valence-corrected chi connectivity index (χ0v) is 20.7. The second-order valence-electron chi connectivity index (χ2n) is 9.25. The molecule has 170 valence electrons. The third-order valence-electron chi connectivity index (χ3n) is 6.27. The van der Waals surface area contributed by atoms with E-state index in [0.29, 0.717) is 6.61 Å². The molecular weight excluding hydrogens is 460 g/mol. The highest BCUT2D eigenvalue weighted by atomic mass is 32.2. The van der Waals surface area contributed by atoms with E-state index < -0.39 is 0 Å². The Kier molecular flexibility index (Phi) is 5.32. The summed E-state index contributed by atoms with van der Waals surface area (Å²) in [5, 5.41) is 3.91. The molecule has 0 saturated carbocycles. The summed E-state index contributed by atoms with van der Waals surface area (Å²) >= 11 is 3.20. The van der Waals surface area contributed by atoms with Crippen molar-refractivity contribution in [1.29, 1.82) is 0 Å². The molecule has 0 saturated heterocycles. The van der Waals surface area contributed by atoms with E-state index in [2.05, 4.69) is 56.3 Å². The molecule has 2 aromatic heterocycles. The Morgan fingerprint density at radius 3 is 2.62 bits per heavy atom. The van der Waals surface area contributed by atoms with Crippen molar-refractivity contribution in [2.45, 2.75) is 43.4 Å². The molecule has 34 heavy (non-hydrogen) atoms. The van der Waals surface area contributed by atoms with E-state index in [4.69, 9.17) is 9.72 Å². The van der Waals surface area contributed by atoms with Gasteiger partial charge in [-0.25, -0.2) is 4.98 Å². The first kappa shape index (κ1) is 21.6. The molecule has 6 heteroatoms. The Balaban J connectivity index is 1.46. The Morgan fingerprint density at radius 2 is 1.79 bits per heavy atom. The van der Waals surface area contributed by atoms with Crippen molar-refractivity contribution in [3.8, 4) is 5.69 Å². The van der Waals surface area contributed by atoms with Gasteiger partial charge in [-0.2, -0.15) is 0 Å². The zero-order valence-electron chi connectivity index (χ0n) is 19.1. The van der Waals surface area contributed by atoms with E-state index in [-0.39, 0.29) is 11.2 Å². The first-order valence-electron chi connectivity index (χ1n) is 11.4. The molecule has 0 atom stereocenters. The lowest BCUT2D eigenvalue weighted by molar-refractivity contribution is -0.0379. The highest BCUT2D eigenvalue weighted by molar-refractivity contribution is 7.98. The van der Waals surface area contributed by atoms with Gasteiger partial charge in [0.2, 0.25) is 0 Å². The molecule has 0 N–H and O–H groups in total. The highest BCUT2D eigenvalue weighted by Gasteiger charge is 2.31. The Bertz CT molecular complexity index is 1590. The molecular formula is C28H24N2O2S2. The molecule has 0 bridgehead atoms. The standard InChI is InChI=1S/C28H24N2O2S2/c1-28(2)15-22-23(16-32-28)34-25-24(22)26(31)30(21-10-4-3-5-11-21)27(29-25)33-17-18-12-13-19-8-6-7-9-20(19)14-18/h3-14H,15-17H2,1-2H3. The minimum absolute atomic E-state index is 0.00686. The normalized spacial score (nSPS) is 15.0. The van der Waals surface area contributed by atoms with Gasteiger partial charge in [0.05, 0.1) is 23.3 Å². The van der Waals surface area contributed by atoms with Gasteiger partial charge < -0.3 is 4.74 Å². The van der Waals surface area contributed by atoms with E-state index in [0.717, 1.165) is 43.7 Å². The second kappa shape index (κ2) is 8.38. The molecule has 3 aromatic carbocycles. The predicted octanol–water partition coefficient (Wildman–Crippen LogP) is 6.74. The van der Waals surface area contributed by atoms with E-state index in [1.165, 1.54) is 16.3 Å². The van der Waals surface area contributed by atoms with Crippen molar-refractivity contribution >= 4 is 44.1 Å². The van der Waals surface area contributed by atoms with Crippen LogP contribution < -0.4 is 5.56 Å². The highest BCUT2D eigenvalue weighted by Crippen LogP contribution is 2.38. The van der Waals surface area contributed by atoms with Crippen molar-refractivity contribution in [2.24, 2.45) is 0 Å². The number of thioether (sulfide) groups is 1. The van der Waals surface area contributed by atoms with Crippen molar-refractivity contribution in [1.82, 2.24) is 9.55 Å². The average Bonchev–Trinajstić information content (AvgIpc) is 3.20. The Labute approximate surface area is 206 Å². The number of benzene rings is 3. The van der Waals surface area contributed by atoms with Crippen LogP contribution in [0.4, 0.5) is 0 Å². The second-order valence-corrected chi connectivity index (χ2v) is 11.3. The first-order valence-corrected chi connectivity index (χ1v) is 13.2. The average molecular weight is 485 g/mol. The molecule has 5 aromatic rings. The number of para-hydroxylation sites is 1. The molecule has 1 aliphatic heterocycles. The van der Waals surface area contributed by atoms with Gasteiger partial charge in [-0.1, -0.05) is 72.4 Å². The number of thiophene rings is 1. The van der Waals surface area contributed by atoms with Crippen LogP contribution in [0.25, 0.3) is 26.7 Å². The Morgan fingerprint density at radius 1 is 1.03 bits per heavy atom. The van der Waals surface area contributed by atoms with Crippen LogP contribution in [0.3, 0.4) is 0 Å². The number of aromatic nitrogens is 2. The van der Waals surface area contributed by atoms with Crippen molar-refractivity contribution < 1.29 is 4.74 Å². The van der Waals surface area contributed by atoms with Crippen molar-refractivity contribution in [2.75, 3.05) is 0 Å². The van der Waals surface area contributed by atoms with Gasteiger partial charge in [-0.3, -0.25) is 9.36 Å². The molecule has 0 spiro atoms. The summed E-state index contributed by atoms with van der Waals surface area (Å²) in [6.07, 6.45) is 0.720. The van der Waals surface area contributed by atoms with Crippen LogP contribution in [0, 0.1) is 0 Å². The van der Waals surface area contributed by atoms with Gasteiger partial charge in [0.1, 0.15) is 4.83 Å². The maximum atomic E-state index is 14.0. The quantitative estimate of drug-likeness (QED) is 0.209. The lowest BCUT2D eigenvalue weighted by Gasteiger charge is -2.29. The van der Waals surface area contributed by atoms with Gasteiger partial charge >= 0.3 is 0 Å². The third-order valence-corrected chi connectivity index (χ3v) is 8.38. The van der Waals surface area contributed by atoms with Crippen molar-refractivity contribution in [3.05, 3.63) is 99.2 Å². The van der Waals surface area contributed by atoms with Crippen LogP contribution in [0.1, 0.15) is 29.9 Å². The van der Waals surface area contributed by atoms with Gasteiger partial charge in [0, 0.05) is 17.1 Å². The van der Waals surface area contributed by atoms with Crippen LogP contribution in [0.15, 0.2) is 82.7 Å². The summed E-state index contributed by atoms with van der Waals surface area (Å²) in [4.78, 5) is 20.9. The largest absolute Gasteiger partial charge is 0.370 e. The minimum Gasteiger partial charge on any atom is -0.370 e. The minimum atomic E-state index is -0.283. The monoisotopic (exact) mass is 484 g/mol. The molecule has 4 nitrogen and oxygen atoms in total. The van der Waals surface area contributed by atoms with Crippen LogP contribution in [-0.2, 0) is 23.5 Å². The van der Waals surface area contributed by atoms with Crippen LogP contribution in [0.5, 0.6) is 0 Å². The number of ether oxygens (including phenoxy) is 1. The summed E-state index contributed by atoms with van der Waals surface area (Å²) in [5.74, 6) is 0.733. The van der Waals surface area contributed by atoms with Crippen molar-refractivity contribution in [3.63, 3.8) is 0 Å². The van der Waals surface area contributed by atoms with Crippen LogP contribution in [0.2, 0.25) is 0 Å². The molecule has 0 unspecified atom stereocenters. The van der Waals surface area contributed by atoms with E-state index >= 15 is 0 Å². The fraction of sp³-hybridized carbons (Fsp3) is 0.214. The molecule has 6 rings (SSSR count).